The van der Waals surface area contributed by atoms with Gasteiger partial charge in [0.15, 0.2) is 11.4 Å². The Morgan fingerprint density at radius 2 is 2.22 bits per heavy atom. The molecule has 3 aromatic heterocycles. The van der Waals surface area contributed by atoms with Crippen LogP contribution in [0.1, 0.15) is 28.8 Å². The molecule has 3 aromatic rings. The van der Waals surface area contributed by atoms with Crippen LogP contribution in [-0.2, 0) is 13.6 Å². The number of hydrogen-bond donors (Lipinski definition) is 1. The minimum atomic E-state index is -0.176. The van der Waals surface area contributed by atoms with Crippen molar-refractivity contribution in [1.29, 1.82) is 0 Å². The highest BCUT2D eigenvalue weighted by Gasteiger charge is 2.18. The van der Waals surface area contributed by atoms with Gasteiger partial charge in [0.25, 0.3) is 5.91 Å². The van der Waals surface area contributed by atoms with Crippen LogP contribution in [0.2, 0.25) is 0 Å². The highest BCUT2D eigenvalue weighted by molar-refractivity contribution is 5.94. The predicted molar refractivity (Wildman–Crippen MR) is 85.5 cm³/mol. The van der Waals surface area contributed by atoms with Gasteiger partial charge in [-0.3, -0.25) is 13.9 Å². The van der Waals surface area contributed by atoms with Crippen molar-refractivity contribution in [2.24, 2.45) is 7.05 Å². The Hall–Kier alpha value is -2.83. The van der Waals surface area contributed by atoms with Crippen LogP contribution in [0, 0.1) is 6.92 Å². The number of hydrogen-bond acceptors (Lipinski definition) is 4. The summed E-state index contributed by atoms with van der Waals surface area (Å²) in [7, 11) is 1.84. The van der Waals surface area contributed by atoms with Crippen molar-refractivity contribution in [3.8, 4) is 5.75 Å². The van der Waals surface area contributed by atoms with Gasteiger partial charge in [0.1, 0.15) is 5.69 Å². The summed E-state index contributed by atoms with van der Waals surface area (Å²) in [5, 5.41) is 7.00. The van der Waals surface area contributed by atoms with E-state index in [2.05, 4.69) is 15.4 Å². The third-order valence-corrected chi connectivity index (χ3v) is 3.66. The number of ether oxygens (including phenoxy) is 1. The first kappa shape index (κ1) is 15.1. The van der Waals surface area contributed by atoms with Crippen LogP contribution >= 0.6 is 0 Å². The smallest absolute Gasteiger partial charge is 0.270 e. The van der Waals surface area contributed by atoms with Crippen molar-refractivity contribution in [2.45, 2.75) is 20.4 Å². The van der Waals surface area contributed by atoms with Crippen LogP contribution in [0.3, 0.4) is 0 Å². The van der Waals surface area contributed by atoms with E-state index in [0.717, 1.165) is 5.69 Å². The van der Waals surface area contributed by atoms with Crippen LogP contribution in [0.5, 0.6) is 5.75 Å². The molecule has 23 heavy (non-hydrogen) atoms. The quantitative estimate of drug-likeness (QED) is 0.778. The zero-order valence-corrected chi connectivity index (χ0v) is 13.4. The van der Waals surface area contributed by atoms with Crippen LogP contribution < -0.4 is 10.1 Å². The molecule has 0 fully saturated rings. The molecule has 7 heteroatoms. The van der Waals surface area contributed by atoms with Crippen LogP contribution in [0.15, 0.2) is 30.6 Å². The lowest BCUT2D eigenvalue weighted by Gasteiger charge is -2.08. The maximum absolute atomic E-state index is 12.6. The molecular weight excluding hydrogens is 294 g/mol. The molecule has 120 valence electrons. The van der Waals surface area contributed by atoms with Crippen molar-refractivity contribution in [3.05, 3.63) is 47.7 Å². The molecule has 0 aliphatic heterocycles. The molecule has 0 aliphatic rings. The van der Waals surface area contributed by atoms with Crippen molar-refractivity contribution in [2.75, 3.05) is 6.61 Å². The van der Waals surface area contributed by atoms with E-state index in [1.54, 1.807) is 15.3 Å². The lowest BCUT2D eigenvalue weighted by atomic mass is 10.3. The highest BCUT2D eigenvalue weighted by Crippen LogP contribution is 2.22. The fraction of sp³-hybridized carbons (Fsp3) is 0.312. The molecule has 0 spiro atoms. The average Bonchev–Trinajstić information content (AvgIpc) is 3.08. The molecule has 0 atom stereocenters. The van der Waals surface area contributed by atoms with Gasteiger partial charge in [-0.25, -0.2) is 4.98 Å². The first-order chi connectivity index (χ1) is 11.1. The Bertz CT molecular complexity index is 849. The van der Waals surface area contributed by atoms with E-state index in [1.165, 1.54) is 0 Å². The summed E-state index contributed by atoms with van der Waals surface area (Å²) in [6, 6.07) is 5.56. The summed E-state index contributed by atoms with van der Waals surface area (Å²) < 4.78 is 9.07. The summed E-state index contributed by atoms with van der Waals surface area (Å²) in [5.74, 6) is 0.494. The largest absolute Gasteiger partial charge is 0.490 e. The summed E-state index contributed by atoms with van der Waals surface area (Å²) in [6.45, 7) is 4.70. The maximum Gasteiger partial charge on any atom is 0.270 e. The van der Waals surface area contributed by atoms with Gasteiger partial charge in [0.2, 0.25) is 0 Å². The number of nitrogens with zero attached hydrogens (tertiary/aromatic N) is 4. The van der Waals surface area contributed by atoms with Gasteiger partial charge in [0.05, 0.1) is 24.5 Å². The van der Waals surface area contributed by atoms with Crippen molar-refractivity contribution < 1.29 is 9.53 Å². The Balaban J connectivity index is 1.90. The van der Waals surface area contributed by atoms with Crippen LogP contribution in [0.25, 0.3) is 5.65 Å². The normalized spacial score (nSPS) is 10.9. The molecule has 7 nitrogen and oxygen atoms in total. The summed E-state index contributed by atoms with van der Waals surface area (Å²) in [4.78, 5) is 17.0. The molecule has 3 rings (SSSR count). The fourth-order valence-corrected chi connectivity index (χ4v) is 2.53. The monoisotopic (exact) mass is 313 g/mol. The van der Waals surface area contributed by atoms with Gasteiger partial charge in [-0.15, -0.1) is 0 Å². The molecule has 0 aromatic carbocycles. The third kappa shape index (κ3) is 2.77. The second-order valence-corrected chi connectivity index (χ2v) is 5.17. The third-order valence-electron chi connectivity index (χ3n) is 3.66. The summed E-state index contributed by atoms with van der Waals surface area (Å²) >= 11 is 0. The van der Waals surface area contributed by atoms with Gasteiger partial charge in [-0.2, -0.15) is 5.10 Å². The molecule has 0 saturated carbocycles. The second kappa shape index (κ2) is 6.12. The number of aryl methyl sites for hydroxylation is 2. The van der Waals surface area contributed by atoms with E-state index in [9.17, 15) is 4.79 Å². The SMILES string of the molecule is CCOc1cccn2c(C(=O)NCc3ccnn3C)c(C)nc12. The number of carbonyl (C=O) groups excluding carboxylic acids is 1. The topological polar surface area (TPSA) is 73.5 Å². The molecule has 3 heterocycles. The lowest BCUT2D eigenvalue weighted by molar-refractivity contribution is 0.0943. The molecule has 0 unspecified atom stereocenters. The number of nitrogens with one attached hydrogen (secondary N) is 1. The average molecular weight is 313 g/mol. The van der Waals surface area contributed by atoms with Crippen molar-refractivity contribution in [1.82, 2.24) is 24.5 Å². The minimum Gasteiger partial charge on any atom is -0.490 e. The van der Waals surface area contributed by atoms with E-state index in [4.69, 9.17) is 4.74 Å². The molecule has 0 saturated heterocycles. The van der Waals surface area contributed by atoms with E-state index in [0.29, 0.717) is 35.9 Å². The van der Waals surface area contributed by atoms with Gasteiger partial charge < -0.3 is 10.1 Å². The highest BCUT2D eigenvalue weighted by atomic mass is 16.5. The Morgan fingerprint density at radius 1 is 1.39 bits per heavy atom. The zero-order valence-electron chi connectivity index (χ0n) is 13.4. The maximum atomic E-state index is 12.6. The van der Waals surface area contributed by atoms with Crippen LogP contribution in [0.4, 0.5) is 0 Å². The first-order valence-electron chi connectivity index (χ1n) is 7.47. The molecular formula is C16H19N5O2. The van der Waals surface area contributed by atoms with Gasteiger partial charge in [-0.05, 0) is 32.0 Å². The van der Waals surface area contributed by atoms with E-state index < -0.39 is 0 Å². The molecule has 0 aliphatic carbocycles. The number of carbonyl (C=O) groups is 1. The molecule has 1 amide bonds. The number of rotatable bonds is 5. The van der Waals surface area contributed by atoms with Crippen molar-refractivity contribution in [3.63, 3.8) is 0 Å². The second-order valence-electron chi connectivity index (χ2n) is 5.17. The zero-order chi connectivity index (χ0) is 16.4. The summed E-state index contributed by atoms with van der Waals surface area (Å²) in [5.41, 5.74) is 2.76. The lowest BCUT2D eigenvalue weighted by Crippen LogP contribution is -2.26. The molecule has 0 bridgehead atoms. The fourth-order valence-electron chi connectivity index (χ4n) is 2.53. The van der Waals surface area contributed by atoms with E-state index in [-0.39, 0.29) is 5.91 Å². The number of fused-ring (bicyclic) bond motifs is 1. The van der Waals surface area contributed by atoms with Gasteiger partial charge in [-0.1, -0.05) is 0 Å². The van der Waals surface area contributed by atoms with Gasteiger partial charge in [0, 0.05) is 19.4 Å². The first-order valence-corrected chi connectivity index (χ1v) is 7.47. The standard InChI is InChI=1S/C16H19N5O2/c1-4-23-13-6-5-9-21-14(11(2)19-15(13)21)16(22)17-10-12-7-8-18-20(12)3/h5-9H,4,10H2,1-3H3,(H,17,22). The summed E-state index contributed by atoms with van der Waals surface area (Å²) in [6.07, 6.45) is 3.52. The molecule has 1 N–H and O–H groups in total. The molecule has 0 radical (unpaired) electrons. The Labute approximate surface area is 133 Å². The number of pyridine rings is 1. The Kier molecular flexibility index (Phi) is 4.01. The predicted octanol–water partition coefficient (Wildman–Crippen LogP) is 1.70. The van der Waals surface area contributed by atoms with Crippen LogP contribution in [-0.4, -0.2) is 31.7 Å². The van der Waals surface area contributed by atoms with E-state index in [1.807, 2.05) is 45.3 Å². The number of imidazole rings is 1. The van der Waals surface area contributed by atoms with Crippen molar-refractivity contribution >= 4 is 11.6 Å². The van der Waals surface area contributed by atoms with Gasteiger partial charge >= 0.3 is 0 Å². The van der Waals surface area contributed by atoms with E-state index >= 15 is 0 Å². The number of aromatic nitrogens is 4. The minimum absolute atomic E-state index is 0.176. The number of amides is 1. The Morgan fingerprint density at radius 3 is 2.91 bits per heavy atom.